The Labute approximate surface area is 146 Å². The Morgan fingerprint density at radius 2 is 1.00 bits per heavy atom. The van der Waals surface area contributed by atoms with Gasteiger partial charge in [0.25, 0.3) is 0 Å². The van der Waals surface area contributed by atoms with Crippen molar-refractivity contribution in [2.24, 2.45) is 0 Å². The van der Waals surface area contributed by atoms with Gasteiger partial charge in [-0.3, -0.25) is 9.59 Å². The summed E-state index contributed by atoms with van der Waals surface area (Å²) < 4.78 is 0. The molecule has 84 valence electrons. The quantitative estimate of drug-likeness (QED) is 0.359. The molecule has 0 bridgehead atoms. The third-order valence-corrected chi connectivity index (χ3v) is 0.935. The third kappa shape index (κ3) is 17.6. The maximum atomic E-state index is 9.86. The van der Waals surface area contributed by atoms with Crippen LogP contribution in [-0.2, 0) is 19.2 Å². The van der Waals surface area contributed by atoms with E-state index in [0.717, 1.165) is 0 Å². The molecule has 8 nitrogen and oxygen atoms in total. The van der Waals surface area contributed by atoms with Crippen molar-refractivity contribution >= 4 is 23.5 Å². The smallest absolute Gasteiger partial charge is 0.542 e. The van der Waals surface area contributed by atoms with Gasteiger partial charge in [-0.2, -0.15) is 10.5 Å². The minimum Gasteiger partial charge on any atom is -0.542 e. The molecule has 0 aliphatic heterocycles. The van der Waals surface area contributed by atoms with Gasteiger partial charge < -0.3 is 19.8 Å². The predicted octanol–water partition coefficient (Wildman–Crippen LogP) is -9.55. The molecule has 10 heteroatoms. The number of carboxylic acid groups (broad SMARTS) is 2. The number of carboxylic acids is 2. The number of aliphatic carboxylic acids is 2. The number of Topliss-reactive ketones (excluding diaryl/α,β-unsaturated/α-hetero) is 2. The molecule has 0 amide bonds. The first kappa shape index (κ1) is 26.0. The Kier molecular flexibility index (Phi) is 23.4. The van der Waals surface area contributed by atoms with E-state index in [1.807, 2.05) is 0 Å². The maximum absolute atomic E-state index is 9.86. The summed E-state index contributed by atoms with van der Waals surface area (Å²) in [6.45, 7) is 0. The fraction of sp³-hybridized carbons (Fsp3) is 0.250. The molecular weight excluding hydrogens is 266 g/mol. The van der Waals surface area contributed by atoms with Crippen LogP contribution in [0.3, 0.4) is 0 Å². The van der Waals surface area contributed by atoms with Gasteiger partial charge in [0, 0.05) is 0 Å². The molecule has 0 heterocycles. The van der Waals surface area contributed by atoms with E-state index in [1.54, 1.807) is 0 Å². The summed E-state index contributed by atoms with van der Waals surface area (Å²) in [5.41, 5.74) is 0. The molecule has 0 aromatic rings. The second-order valence-corrected chi connectivity index (χ2v) is 2.09. The molecular formula is C8H4N2Na2O6. The van der Waals surface area contributed by atoms with Crippen LogP contribution in [0, 0.1) is 22.7 Å². The second kappa shape index (κ2) is 16.3. The average Bonchev–Trinajstić information content (AvgIpc) is 2.19. The van der Waals surface area contributed by atoms with Crippen molar-refractivity contribution in [3.8, 4) is 12.1 Å². The molecule has 0 atom stereocenters. The summed E-state index contributed by atoms with van der Waals surface area (Å²) in [6.07, 6.45) is -1.22. The molecule has 0 unspecified atom stereocenters. The van der Waals surface area contributed by atoms with E-state index < -0.39 is 36.3 Å². The van der Waals surface area contributed by atoms with Crippen molar-refractivity contribution in [1.82, 2.24) is 0 Å². The van der Waals surface area contributed by atoms with E-state index in [2.05, 4.69) is 0 Å². The normalized spacial score (nSPS) is 6.56. The van der Waals surface area contributed by atoms with Gasteiger partial charge >= 0.3 is 59.1 Å². The van der Waals surface area contributed by atoms with Gasteiger partial charge in [0.15, 0.2) is 11.6 Å². The molecule has 0 rings (SSSR count). The van der Waals surface area contributed by atoms with Crippen LogP contribution in [0.4, 0.5) is 0 Å². The number of carbonyl (C=O) groups is 4. The third-order valence-electron chi connectivity index (χ3n) is 0.935. The second-order valence-electron chi connectivity index (χ2n) is 2.09. The minimum atomic E-state index is -1.80. The summed E-state index contributed by atoms with van der Waals surface area (Å²) in [5.74, 6) is -5.95. The van der Waals surface area contributed by atoms with Crippen molar-refractivity contribution in [1.29, 1.82) is 10.5 Å². The van der Waals surface area contributed by atoms with Crippen LogP contribution in [-0.4, -0.2) is 23.5 Å². The number of hydrogen-bond acceptors (Lipinski definition) is 8. The molecule has 0 radical (unpaired) electrons. The zero-order valence-electron chi connectivity index (χ0n) is 9.76. The predicted molar refractivity (Wildman–Crippen MR) is 40.5 cm³/mol. The molecule has 0 saturated heterocycles. The fourth-order valence-electron chi connectivity index (χ4n) is 0.288. The Bertz CT molecular complexity index is 357. The maximum Gasteiger partial charge on any atom is 1.00 e. The summed E-state index contributed by atoms with van der Waals surface area (Å²) in [4.78, 5) is 38.7. The molecule has 0 aliphatic rings. The van der Waals surface area contributed by atoms with Crippen molar-refractivity contribution in [2.45, 2.75) is 12.8 Å². The summed E-state index contributed by atoms with van der Waals surface area (Å²) in [5, 5.41) is 34.4. The van der Waals surface area contributed by atoms with Crippen LogP contribution in [0.25, 0.3) is 0 Å². The topological polar surface area (TPSA) is 162 Å². The Morgan fingerprint density at radius 1 is 0.778 bits per heavy atom. The largest absolute Gasteiger partial charge is 1.00 e. The van der Waals surface area contributed by atoms with Gasteiger partial charge in [0.05, 0.1) is 25.0 Å². The molecule has 0 aromatic carbocycles. The molecule has 0 spiro atoms. The van der Waals surface area contributed by atoms with Crippen LogP contribution in [0.2, 0.25) is 0 Å². The van der Waals surface area contributed by atoms with Crippen LogP contribution >= 0.6 is 0 Å². The molecule has 0 saturated carbocycles. The van der Waals surface area contributed by atoms with Gasteiger partial charge in [0.2, 0.25) is 0 Å². The van der Waals surface area contributed by atoms with Crippen molar-refractivity contribution in [2.75, 3.05) is 0 Å². The zero-order chi connectivity index (χ0) is 13.1. The first-order valence-electron chi connectivity index (χ1n) is 3.59. The van der Waals surface area contributed by atoms with Gasteiger partial charge in [-0.1, -0.05) is 0 Å². The molecule has 0 aliphatic carbocycles. The van der Waals surface area contributed by atoms with Gasteiger partial charge in [0.1, 0.15) is 11.9 Å². The van der Waals surface area contributed by atoms with E-state index >= 15 is 0 Å². The van der Waals surface area contributed by atoms with Crippen molar-refractivity contribution in [3.05, 3.63) is 0 Å². The first-order chi connectivity index (χ1) is 7.36. The van der Waals surface area contributed by atoms with E-state index in [4.69, 9.17) is 10.5 Å². The summed E-state index contributed by atoms with van der Waals surface area (Å²) in [7, 11) is 0. The Morgan fingerprint density at radius 3 is 1.06 bits per heavy atom. The summed E-state index contributed by atoms with van der Waals surface area (Å²) >= 11 is 0. The van der Waals surface area contributed by atoms with Gasteiger partial charge in [-0.05, 0) is 0 Å². The van der Waals surface area contributed by atoms with Crippen molar-refractivity contribution in [3.63, 3.8) is 0 Å². The van der Waals surface area contributed by atoms with Crippen LogP contribution in [0.1, 0.15) is 12.8 Å². The molecule has 0 aromatic heterocycles. The van der Waals surface area contributed by atoms with E-state index in [1.165, 1.54) is 12.1 Å². The number of nitrogens with zero attached hydrogens (tertiary/aromatic N) is 2. The SMILES string of the molecule is N#CCC(=O)C(=O)[O-].N#CCC(=O)C(=O)[O-].[Na+].[Na+]. The standard InChI is InChI=1S/2C4H3NO3.2Na/c2*5-2-1-3(6)4(7)8;;/h2*1H2,(H,7,8);;/q;;2*+1/p-2. The number of rotatable bonds is 4. The average molecular weight is 270 g/mol. The fourth-order valence-corrected chi connectivity index (χ4v) is 0.288. The van der Waals surface area contributed by atoms with Crippen molar-refractivity contribution < 1.29 is 88.5 Å². The first-order valence-corrected chi connectivity index (χ1v) is 3.59. The zero-order valence-corrected chi connectivity index (χ0v) is 13.8. The number of ketones is 2. The number of carbonyl (C=O) groups excluding carboxylic acids is 4. The monoisotopic (exact) mass is 270 g/mol. The molecule has 18 heavy (non-hydrogen) atoms. The molecule has 0 fully saturated rings. The Balaban J connectivity index is -0.0000000980. The van der Waals surface area contributed by atoms with E-state index in [0.29, 0.717) is 0 Å². The van der Waals surface area contributed by atoms with E-state index in [-0.39, 0.29) is 59.1 Å². The van der Waals surface area contributed by atoms with Gasteiger partial charge in [-0.15, -0.1) is 0 Å². The van der Waals surface area contributed by atoms with Crippen LogP contribution in [0.5, 0.6) is 0 Å². The van der Waals surface area contributed by atoms with Crippen LogP contribution in [0.15, 0.2) is 0 Å². The minimum absolute atomic E-state index is 0. The Hall–Kier alpha value is -0.740. The van der Waals surface area contributed by atoms with E-state index in [9.17, 15) is 29.4 Å². The number of hydrogen-bond donors (Lipinski definition) is 0. The molecule has 0 N–H and O–H groups in total. The number of nitriles is 2. The van der Waals surface area contributed by atoms with Crippen LogP contribution < -0.4 is 69.3 Å². The van der Waals surface area contributed by atoms with Gasteiger partial charge in [-0.25, -0.2) is 0 Å². The summed E-state index contributed by atoms with van der Waals surface area (Å²) in [6, 6.07) is 2.76.